The van der Waals surface area contributed by atoms with Crippen molar-refractivity contribution in [2.24, 2.45) is 0 Å². The second-order valence-electron chi connectivity index (χ2n) is 15.7. The number of hydrogen-bond donors (Lipinski definition) is 0. The van der Waals surface area contributed by atoms with E-state index in [-0.39, 0.29) is 4.90 Å². The molecule has 0 amide bonds. The highest BCUT2D eigenvalue weighted by molar-refractivity contribution is 7.85. The number of quaternary nitrogens is 1. The maximum absolute atomic E-state index is 11.2. The molecular weight excluding hydrogens is 623 g/mol. The van der Waals surface area contributed by atoms with Crippen LogP contribution in [-0.4, -0.2) is 44.6 Å². The minimum Gasteiger partial charge on any atom is -0.744 e. The van der Waals surface area contributed by atoms with Gasteiger partial charge in [-0.2, -0.15) is 0 Å². The summed E-state index contributed by atoms with van der Waals surface area (Å²) in [5, 5.41) is 0. The zero-order valence-corrected chi connectivity index (χ0v) is 34.5. The summed E-state index contributed by atoms with van der Waals surface area (Å²) in [6.45, 7) is 9.60. The number of aryl methyl sites for hydroxylation is 1. The molecule has 1 rings (SSSR count). The molecule has 0 aliphatic carbocycles. The number of unbranched alkanes of at least 4 members (excludes halogenated alkanes) is 27. The van der Waals surface area contributed by atoms with E-state index in [0.29, 0.717) is 12.0 Å². The monoisotopic (exact) mass is 708 g/mol. The number of hydrogen-bond acceptors (Lipinski definition) is 3. The largest absolute Gasteiger partial charge is 0.744 e. The topological polar surface area (TPSA) is 57.2 Å². The van der Waals surface area contributed by atoms with E-state index < -0.39 is 10.1 Å². The van der Waals surface area contributed by atoms with Gasteiger partial charge in [-0.05, 0) is 50.2 Å². The molecule has 0 atom stereocenters. The van der Waals surface area contributed by atoms with Crippen LogP contribution in [0.2, 0.25) is 0 Å². The Morgan fingerprint density at radius 1 is 0.449 bits per heavy atom. The Morgan fingerprint density at radius 2 is 0.735 bits per heavy atom. The lowest BCUT2D eigenvalue weighted by atomic mass is 10.0. The van der Waals surface area contributed by atoms with E-state index in [0.717, 1.165) is 12.8 Å². The molecule has 0 radical (unpaired) electrons. The Hall–Kier alpha value is -0.910. The van der Waals surface area contributed by atoms with Crippen molar-refractivity contribution in [1.82, 2.24) is 0 Å². The molecule has 0 fully saturated rings. The van der Waals surface area contributed by atoms with Crippen molar-refractivity contribution in [3.63, 3.8) is 0 Å². The summed E-state index contributed by atoms with van der Waals surface area (Å²) >= 11 is 0. The summed E-state index contributed by atoms with van der Waals surface area (Å²) in [5.41, 5.74) is 0.664. The molecule has 290 valence electrons. The third-order valence-corrected chi connectivity index (χ3v) is 11.2. The second kappa shape index (κ2) is 34.2. The van der Waals surface area contributed by atoms with Crippen molar-refractivity contribution in [2.75, 3.05) is 27.2 Å². The lowest BCUT2D eigenvalue weighted by Crippen LogP contribution is -2.41. The molecule has 0 saturated heterocycles. The van der Waals surface area contributed by atoms with Crippen molar-refractivity contribution in [3.8, 4) is 0 Å². The van der Waals surface area contributed by atoms with Gasteiger partial charge in [0.15, 0.2) is 0 Å². The van der Waals surface area contributed by atoms with E-state index in [9.17, 15) is 13.0 Å². The maximum Gasteiger partial charge on any atom is 0.124 e. The minimum atomic E-state index is -4.35. The van der Waals surface area contributed by atoms with E-state index >= 15 is 0 Å². The summed E-state index contributed by atoms with van der Waals surface area (Å²) < 4.78 is 34.8. The van der Waals surface area contributed by atoms with Crippen molar-refractivity contribution in [1.29, 1.82) is 0 Å². The first-order chi connectivity index (χ1) is 23.7. The number of nitrogens with zero attached hydrogens (tertiary/aromatic N) is 1. The van der Waals surface area contributed by atoms with Gasteiger partial charge in [-0.15, -0.1) is 0 Å². The minimum absolute atomic E-state index is 0.0501. The summed E-state index contributed by atoms with van der Waals surface area (Å²) in [5.74, 6) is 0. The van der Waals surface area contributed by atoms with Crippen LogP contribution in [0.25, 0.3) is 0 Å². The Kier molecular flexibility index (Phi) is 33.6. The molecule has 49 heavy (non-hydrogen) atoms. The fraction of sp³-hybridized carbons (Fsp3) is 0.864. The van der Waals surface area contributed by atoms with Gasteiger partial charge in [-0.1, -0.05) is 199 Å². The predicted octanol–water partition coefficient (Wildman–Crippen LogP) is 14.0. The van der Waals surface area contributed by atoms with Crippen LogP contribution in [-0.2, 0) is 16.5 Å². The van der Waals surface area contributed by atoms with E-state index in [1.165, 1.54) is 203 Å². The van der Waals surface area contributed by atoms with Crippen LogP contribution < -0.4 is 0 Å². The van der Waals surface area contributed by atoms with Gasteiger partial charge in [0.25, 0.3) is 0 Å². The molecule has 0 aromatic heterocycles. The molecule has 0 heterocycles. The fourth-order valence-electron chi connectivity index (χ4n) is 6.92. The number of rotatable bonds is 34. The quantitative estimate of drug-likeness (QED) is 0.0407. The van der Waals surface area contributed by atoms with Crippen molar-refractivity contribution in [2.45, 2.75) is 225 Å². The van der Waals surface area contributed by atoms with Gasteiger partial charge >= 0.3 is 0 Å². The van der Waals surface area contributed by atoms with Gasteiger partial charge in [0, 0.05) is 0 Å². The van der Waals surface area contributed by atoms with E-state index in [1.807, 2.05) is 0 Å². The molecule has 0 aliphatic heterocycles. The Bertz CT molecular complexity index is 904. The molecule has 4 nitrogen and oxygen atoms in total. The van der Waals surface area contributed by atoms with Gasteiger partial charge in [-0.3, -0.25) is 0 Å². The smallest absolute Gasteiger partial charge is 0.124 e. The third kappa shape index (κ3) is 32.7. The zero-order valence-electron chi connectivity index (χ0n) is 33.7. The summed E-state index contributed by atoms with van der Waals surface area (Å²) in [7, 11) is 0.546. The van der Waals surface area contributed by atoms with E-state index in [2.05, 4.69) is 34.9 Å². The van der Waals surface area contributed by atoms with Crippen molar-refractivity contribution < 1.29 is 17.5 Å². The maximum atomic E-state index is 11.2. The Balaban J connectivity index is 0.000000958. The van der Waals surface area contributed by atoms with Crippen LogP contribution in [0.4, 0.5) is 0 Å². The normalized spacial score (nSPS) is 11.9. The molecule has 0 spiro atoms. The summed E-state index contributed by atoms with van der Waals surface area (Å²) in [6.07, 6.45) is 42.1. The molecule has 0 aliphatic rings. The number of benzene rings is 1. The average Bonchev–Trinajstić information content (AvgIpc) is 3.07. The van der Waals surface area contributed by atoms with Gasteiger partial charge in [0.2, 0.25) is 0 Å². The lowest BCUT2D eigenvalue weighted by Gasteiger charge is -2.30. The third-order valence-electron chi connectivity index (χ3n) is 10.3. The summed E-state index contributed by atoms with van der Waals surface area (Å²) in [6, 6.07) is 6.56. The van der Waals surface area contributed by atoms with Gasteiger partial charge in [0.1, 0.15) is 10.1 Å². The Morgan fingerprint density at radius 3 is 1.06 bits per heavy atom. The van der Waals surface area contributed by atoms with Crippen LogP contribution in [0.1, 0.15) is 219 Å². The first kappa shape index (κ1) is 48.1. The van der Waals surface area contributed by atoms with Crippen LogP contribution >= 0.6 is 0 Å². The molecule has 5 heteroatoms. The van der Waals surface area contributed by atoms with Crippen LogP contribution in [0.3, 0.4) is 0 Å². The predicted molar refractivity (Wildman–Crippen MR) is 215 cm³/mol. The van der Waals surface area contributed by atoms with Gasteiger partial charge in [-0.25, -0.2) is 8.42 Å². The highest BCUT2D eigenvalue weighted by Gasteiger charge is 2.13. The zero-order chi connectivity index (χ0) is 36.3. The molecule has 0 unspecified atom stereocenters. The molecular formula is C44H85NO3S. The molecule has 1 aromatic rings. The molecule has 0 bridgehead atoms. The fourth-order valence-corrected chi connectivity index (χ4v) is 7.66. The first-order valence-electron chi connectivity index (χ1n) is 21.5. The summed E-state index contributed by atoms with van der Waals surface area (Å²) in [4.78, 5) is -0.0501. The highest BCUT2D eigenvalue weighted by Crippen LogP contribution is 2.19. The van der Waals surface area contributed by atoms with Crippen molar-refractivity contribution in [3.05, 3.63) is 29.8 Å². The van der Waals surface area contributed by atoms with Crippen molar-refractivity contribution >= 4 is 10.1 Å². The van der Waals surface area contributed by atoms with Crippen LogP contribution in [0.15, 0.2) is 29.2 Å². The molecule has 1 aromatic carbocycles. The van der Waals surface area contributed by atoms with Gasteiger partial charge in [0.05, 0.1) is 32.1 Å². The SMILES string of the molecule is CCCCCCCCCCCC[N+](C)(C)CCCCCCCCCCCC.CCCCCCCCCCCCc1ccccc1S(=O)(=O)[O-]. The standard InChI is InChI=1S/C26H56N.C18H30O3S/c1-5-7-9-11-13-15-17-19-21-23-25-27(3,4)26-24-22-20-18-16-14-12-10-8-6-2;1-2-3-4-5-6-7-8-9-10-11-14-17-15-12-13-16-18(17)22(19,20)21/h5-26H2,1-4H3;12-13,15-16H,2-11,14H2,1H3,(H,19,20,21)/q+1;/p-1. The average molecular weight is 708 g/mol. The van der Waals surface area contributed by atoms with Gasteiger partial charge < -0.3 is 9.04 Å². The van der Waals surface area contributed by atoms with Crippen LogP contribution in [0, 0.1) is 0 Å². The molecule has 0 N–H and O–H groups in total. The Labute approximate surface area is 308 Å². The lowest BCUT2D eigenvalue weighted by molar-refractivity contribution is -0.890. The van der Waals surface area contributed by atoms with E-state index in [4.69, 9.17) is 0 Å². The molecule has 0 saturated carbocycles. The second-order valence-corrected chi connectivity index (χ2v) is 17.1. The highest BCUT2D eigenvalue weighted by atomic mass is 32.2. The first-order valence-corrected chi connectivity index (χ1v) is 22.9. The van der Waals surface area contributed by atoms with E-state index in [1.54, 1.807) is 18.2 Å². The van der Waals surface area contributed by atoms with Crippen LogP contribution in [0.5, 0.6) is 0 Å².